The lowest BCUT2D eigenvalue weighted by atomic mass is 9.98. The molecule has 2 aromatic rings. The van der Waals surface area contributed by atoms with Gasteiger partial charge in [0.25, 0.3) is 0 Å². The summed E-state index contributed by atoms with van der Waals surface area (Å²) in [6, 6.07) is 5.50. The van der Waals surface area contributed by atoms with Crippen molar-refractivity contribution in [1.29, 1.82) is 0 Å². The van der Waals surface area contributed by atoms with Crippen molar-refractivity contribution in [3.63, 3.8) is 0 Å². The minimum absolute atomic E-state index is 0.0258. The van der Waals surface area contributed by atoms with Gasteiger partial charge in [0.1, 0.15) is 5.82 Å². The van der Waals surface area contributed by atoms with E-state index in [1.807, 2.05) is 19.2 Å². The number of thioether (sulfide) groups is 1. The number of hydrogen-bond acceptors (Lipinski definition) is 3. The molecule has 1 atom stereocenters. The van der Waals surface area contributed by atoms with E-state index in [0.717, 1.165) is 22.6 Å². The molecule has 0 radical (unpaired) electrons. The van der Waals surface area contributed by atoms with Crippen molar-refractivity contribution in [3.05, 3.63) is 45.1 Å². The lowest BCUT2D eigenvalue weighted by Crippen LogP contribution is -2.15. The first-order chi connectivity index (χ1) is 10.9. The van der Waals surface area contributed by atoms with Crippen LogP contribution in [0.3, 0.4) is 0 Å². The third-order valence-corrected chi connectivity index (χ3v) is 5.62. The van der Waals surface area contributed by atoms with Crippen LogP contribution in [0.5, 0.6) is 0 Å². The molecule has 1 aromatic heterocycles. The number of anilines is 1. The average Bonchev–Trinajstić information content (AvgIpc) is 2.69. The fourth-order valence-corrected chi connectivity index (χ4v) is 4.52. The summed E-state index contributed by atoms with van der Waals surface area (Å²) in [5.74, 6) is 1.34. The molecule has 1 aromatic carbocycles. The molecule has 23 heavy (non-hydrogen) atoms. The number of nitrogens with zero attached hydrogens (tertiary/aromatic N) is 2. The summed E-state index contributed by atoms with van der Waals surface area (Å²) in [6.07, 6.45) is 0. The topological polar surface area (TPSA) is 46.9 Å². The highest BCUT2D eigenvalue weighted by Crippen LogP contribution is 2.46. The molecule has 0 spiro atoms. The number of nitrogens with one attached hydrogen (secondary N) is 1. The number of aromatic nitrogens is 2. The SMILES string of the molecule is CC(C)c1nn(C)c2c1C(c1ccc(Cl)cc1Cl)SCC(=O)N2. The number of fused-ring (bicyclic) bond motifs is 1. The zero-order valence-corrected chi connectivity index (χ0v) is 15.4. The van der Waals surface area contributed by atoms with Gasteiger partial charge < -0.3 is 5.32 Å². The van der Waals surface area contributed by atoms with E-state index < -0.39 is 0 Å². The molecule has 0 fully saturated rings. The molecule has 0 saturated carbocycles. The molecule has 7 heteroatoms. The van der Waals surface area contributed by atoms with Gasteiger partial charge in [0.05, 0.1) is 16.7 Å². The van der Waals surface area contributed by atoms with Crippen LogP contribution in [0.25, 0.3) is 0 Å². The standard InChI is InChI=1S/C16H17Cl2N3OS/c1-8(2)14-13-15(10-5-4-9(17)6-11(10)18)23-7-12(22)19-16(13)21(3)20-14/h4-6,8,15H,7H2,1-3H3,(H,19,22). The summed E-state index contributed by atoms with van der Waals surface area (Å²) in [7, 11) is 1.85. The molecule has 1 amide bonds. The molecule has 122 valence electrons. The highest BCUT2D eigenvalue weighted by Gasteiger charge is 2.32. The maximum Gasteiger partial charge on any atom is 0.235 e. The van der Waals surface area contributed by atoms with Gasteiger partial charge in [-0.15, -0.1) is 11.8 Å². The van der Waals surface area contributed by atoms with Gasteiger partial charge in [-0.05, 0) is 23.6 Å². The zero-order chi connectivity index (χ0) is 16.7. The van der Waals surface area contributed by atoms with E-state index in [1.54, 1.807) is 22.5 Å². The molecule has 2 heterocycles. The predicted molar refractivity (Wildman–Crippen MR) is 96.7 cm³/mol. The Bertz CT molecular complexity index is 773. The van der Waals surface area contributed by atoms with Crippen molar-refractivity contribution in [2.75, 3.05) is 11.1 Å². The molecule has 0 aliphatic carbocycles. The quantitative estimate of drug-likeness (QED) is 0.839. The first-order valence-electron chi connectivity index (χ1n) is 7.31. The number of aryl methyl sites for hydroxylation is 1. The predicted octanol–water partition coefficient (Wildman–Crippen LogP) is 4.63. The summed E-state index contributed by atoms with van der Waals surface area (Å²) in [5, 5.41) is 8.73. The minimum atomic E-state index is -0.0557. The number of rotatable bonds is 2. The first kappa shape index (κ1) is 16.7. The van der Waals surface area contributed by atoms with E-state index in [1.165, 1.54) is 0 Å². The largest absolute Gasteiger partial charge is 0.310 e. The number of hydrogen-bond donors (Lipinski definition) is 1. The van der Waals surface area contributed by atoms with Crippen molar-refractivity contribution >= 4 is 46.7 Å². The number of halogens is 2. The molecule has 3 rings (SSSR count). The van der Waals surface area contributed by atoms with Crippen LogP contribution in [0.15, 0.2) is 18.2 Å². The van der Waals surface area contributed by atoms with Gasteiger partial charge in [0.15, 0.2) is 0 Å². The van der Waals surface area contributed by atoms with Crippen LogP contribution >= 0.6 is 35.0 Å². The van der Waals surface area contributed by atoms with E-state index >= 15 is 0 Å². The van der Waals surface area contributed by atoms with Crippen molar-refractivity contribution in [3.8, 4) is 0 Å². The average molecular weight is 370 g/mol. The third kappa shape index (κ3) is 3.10. The monoisotopic (exact) mass is 369 g/mol. The van der Waals surface area contributed by atoms with Crippen molar-refractivity contribution in [2.45, 2.75) is 25.0 Å². The van der Waals surface area contributed by atoms with Crippen LogP contribution in [0.1, 0.15) is 41.8 Å². The summed E-state index contributed by atoms with van der Waals surface area (Å²) >= 11 is 14.0. The van der Waals surface area contributed by atoms with Gasteiger partial charge >= 0.3 is 0 Å². The fourth-order valence-electron chi connectivity index (χ4n) is 2.76. The molecule has 1 unspecified atom stereocenters. The molecule has 1 aliphatic rings. The molecule has 1 N–H and O–H groups in total. The van der Waals surface area contributed by atoms with Crippen LogP contribution in [0.2, 0.25) is 10.0 Å². The molecule has 0 saturated heterocycles. The van der Waals surface area contributed by atoms with Crippen molar-refractivity contribution < 1.29 is 4.79 Å². The van der Waals surface area contributed by atoms with Crippen LogP contribution < -0.4 is 5.32 Å². The molecule has 4 nitrogen and oxygen atoms in total. The molecular weight excluding hydrogens is 353 g/mol. The number of carbonyl (C=O) groups excluding carboxylic acids is 1. The molecule has 0 bridgehead atoms. The van der Waals surface area contributed by atoms with E-state index in [9.17, 15) is 4.79 Å². The summed E-state index contributed by atoms with van der Waals surface area (Å²) in [5.41, 5.74) is 2.96. The Morgan fingerprint density at radius 3 is 2.78 bits per heavy atom. The number of benzene rings is 1. The summed E-state index contributed by atoms with van der Waals surface area (Å²) in [4.78, 5) is 12.1. The Labute approximate surface area is 149 Å². The highest BCUT2D eigenvalue weighted by atomic mass is 35.5. The minimum Gasteiger partial charge on any atom is -0.310 e. The lowest BCUT2D eigenvalue weighted by Gasteiger charge is -2.18. The van der Waals surface area contributed by atoms with Crippen molar-refractivity contribution in [2.24, 2.45) is 7.05 Å². The summed E-state index contributed by atoms with van der Waals surface area (Å²) < 4.78 is 1.74. The smallest absolute Gasteiger partial charge is 0.235 e. The first-order valence-corrected chi connectivity index (χ1v) is 9.12. The highest BCUT2D eigenvalue weighted by molar-refractivity contribution is 8.00. The fraction of sp³-hybridized carbons (Fsp3) is 0.375. The Morgan fingerprint density at radius 2 is 2.13 bits per heavy atom. The summed E-state index contributed by atoms with van der Waals surface area (Å²) in [6.45, 7) is 4.20. The van der Waals surface area contributed by atoms with Crippen LogP contribution in [0.4, 0.5) is 5.82 Å². The van der Waals surface area contributed by atoms with E-state index in [-0.39, 0.29) is 17.1 Å². The second kappa shape index (κ2) is 6.38. The molecular formula is C16H17Cl2N3OS. The normalized spacial score (nSPS) is 17.8. The Kier molecular flexibility index (Phi) is 4.63. The zero-order valence-electron chi connectivity index (χ0n) is 13.1. The van der Waals surface area contributed by atoms with Crippen LogP contribution in [-0.2, 0) is 11.8 Å². The lowest BCUT2D eigenvalue weighted by molar-refractivity contribution is -0.113. The van der Waals surface area contributed by atoms with E-state index in [0.29, 0.717) is 15.8 Å². The maximum atomic E-state index is 12.1. The van der Waals surface area contributed by atoms with Crippen LogP contribution in [0, 0.1) is 0 Å². The Morgan fingerprint density at radius 1 is 1.39 bits per heavy atom. The van der Waals surface area contributed by atoms with Gasteiger partial charge in [-0.2, -0.15) is 5.10 Å². The van der Waals surface area contributed by atoms with Gasteiger partial charge in [0.2, 0.25) is 5.91 Å². The third-order valence-electron chi connectivity index (χ3n) is 3.81. The van der Waals surface area contributed by atoms with Crippen LogP contribution in [-0.4, -0.2) is 21.4 Å². The van der Waals surface area contributed by atoms with Crippen molar-refractivity contribution in [1.82, 2.24) is 9.78 Å². The second-order valence-corrected chi connectivity index (χ2v) is 7.77. The van der Waals surface area contributed by atoms with E-state index in [2.05, 4.69) is 24.3 Å². The molecule has 1 aliphatic heterocycles. The van der Waals surface area contributed by atoms with Gasteiger partial charge in [-0.25, -0.2) is 0 Å². The Hall–Kier alpha value is -1.17. The van der Waals surface area contributed by atoms with Gasteiger partial charge in [-0.3, -0.25) is 9.48 Å². The van der Waals surface area contributed by atoms with E-state index in [4.69, 9.17) is 23.2 Å². The number of amides is 1. The maximum absolute atomic E-state index is 12.1. The number of carbonyl (C=O) groups is 1. The second-order valence-electron chi connectivity index (χ2n) is 5.83. The Balaban J connectivity index is 2.21. The van der Waals surface area contributed by atoms with Gasteiger partial charge in [0, 0.05) is 22.7 Å². The van der Waals surface area contributed by atoms with Gasteiger partial charge in [-0.1, -0.05) is 43.1 Å².